The lowest BCUT2D eigenvalue weighted by Crippen LogP contribution is -2.37. The maximum Gasteiger partial charge on any atom is 0.218 e. The monoisotopic (exact) mass is 422 g/mol. The first-order valence-electron chi connectivity index (χ1n) is 10.4. The molecule has 31 heavy (non-hydrogen) atoms. The fraction of sp³-hybridized carbons (Fsp3) is 0.375. The van der Waals surface area contributed by atoms with Gasteiger partial charge in [-0.05, 0) is 56.9 Å². The van der Waals surface area contributed by atoms with Gasteiger partial charge in [0, 0.05) is 30.9 Å². The van der Waals surface area contributed by atoms with Gasteiger partial charge in [0.25, 0.3) is 0 Å². The zero-order valence-corrected chi connectivity index (χ0v) is 18.5. The van der Waals surface area contributed by atoms with Crippen LogP contribution in [0.2, 0.25) is 0 Å². The van der Waals surface area contributed by atoms with Crippen LogP contribution in [0, 0.1) is 5.92 Å². The summed E-state index contributed by atoms with van der Waals surface area (Å²) in [5, 5.41) is 16.5. The molecule has 1 aliphatic rings. The van der Waals surface area contributed by atoms with E-state index in [9.17, 15) is 14.7 Å². The number of fused-ring (bicyclic) bond motifs is 1. The van der Waals surface area contributed by atoms with Crippen molar-refractivity contribution in [1.29, 1.82) is 0 Å². The number of Topliss-reactive ketones (excluding diaryl/α,β-unsaturated/α-hetero) is 1. The Morgan fingerprint density at radius 2 is 1.97 bits per heavy atom. The fourth-order valence-corrected chi connectivity index (χ4v) is 3.70. The van der Waals surface area contributed by atoms with Crippen molar-refractivity contribution in [3.63, 3.8) is 0 Å². The molecule has 0 radical (unpaired) electrons. The second kappa shape index (κ2) is 9.31. The van der Waals surface area contributed by atoms with Crippen LogP contribution in [0.25, 0.3) is 5.57 Å². The number of hydrogen-bond acceptors (Lipinski definition) is 5. The van der Waals surface area contributed by atoms with Crippen LogP contribution in [0.4, 0.5) is 11.4 Å². The van der Waals surface area contributed by atoms with Crippen molar-refractivity contribution in [2.75, 3.05) is 12.0 Å². The Balaban J connectivity index is 1.98. The number of aliphatic imine (C=N–C) groups is 1. The van der Waals surface area contributed by atoms with Gasteiger partial charge in [0.2, 0.25) is 5.91 Å². The second-order valence-electron chi connectivity index (χ2n) is 8.47. The smallest absolute Gasteiger partial charge is 0.218 e. The zero-order valence-electron chi connectivity index (χ0n) is 18.5. The van der Waals surface area contributed by atoms with Gasteiger partial charge in [0.1, 0.15) is 6.67 Å². The highest BCUT2D eigenvalue weighted by Crippen LogP contribution is 2.40. The maximum absolute atomic E-state index is 13.1. The predicted octanol–water partition coefficient (Wildman–Crippen LogP) is 3.84. The van der Waals surface area contributed by atoms with E-state index in [1.165, 1.54) is 6.92 Å². The van der Waals surface area contributed by atoms with Crippen molar-refractivity contribution < 1.29 is 14.7 Å². The molecular formula is C24H30N4O3. The van der Waals surface area contributed by atoms with E-state index in [1.807, 2.05) is 43.3 Å². The number of para-hydroxylation sites is 1. The molecule has 3 rings (SSSR count). The maximum atomic E-state index is 13.1. The number of anilines is 2. The summed E-state index contributed by atoms with van der Waals surface area (Å²) in [4.78, 5) is 31.6. The van der Waals surface area contributed by atoms with Gasteiger partial charge in [-0.15, -0.1) is 0 Å². The molecule has 7 nitrogen and oxygen atoms in total. The van der Waals surface area contributed by atoms with E-state index >= 15 is 0 Å². The quantitative estimate of drug-likeness (QED) is 0.509. The van der Waals surface area contributed by atoms with Crippen LogP contribution in [0.1, 0.15) is 55.9 Å². The van der Waals surface area contributed by atoms with E-state index in [0.29, 0.717) is 18.4 Å². The molecule has 0 aliphatic heterocycles. The molecule has 0 saturated heterocycles. The molecule has 1 amide bonds. The molecule has 0 saturated carbocycles. The highest BCUT2D eigenvalue weighted by atomic mass is 16.3. The van der Waals surface area contributed by atoms with Crippen LogP contribution >= 0.6 is 0 Å². The van der Waals surface area contributed by atoms with Crippen LogP contribution in [0.5, 0.6) is 0 Å². The summed E-state index contributed by atoms with van der Waals surface area (Å²) in [5.41, 5.74) is 3.88. The minimum Gasteiger partial charge on any atom is -0.390 e. The molecule has 0 bridgehead atoms. The van der Waals surface area contributed by atoms with Gasteiger partial charge in [0.15, 0.2) is 5.78 Å². The van der Waals surface area contributed by atoms with Gasteiger partial charge in [0.05, 0.1) is 22.5 Å². The third kappa shape index (κ3) is 5.49. The molecule has 1 aromatic heterocycles. The Hall–Kier alpha value is -3.19. The summed E-state index contributed by atoms with van der Waals surface area (Å²) >= 11 is 0. The minimum atomic E-state index is -0.938. The van der Waals surface area contributed by atoms with Crippen molar-refractivity contribution >= 4 is 34.9 Å². The first-order valence-corrected chi connectivity index (χ1v) is 10.4. The summed E-state index contributed by atoms with van der Waals surface area (Å²) in [7, 11) is 0. The first-order chi connectivity index (χ1) is 14.7. The summed E-state index contributed by atoms with van der Waals surface area (Å²) < 4.78 is 0. The lowest BCUT2D eigenvalue weighted by molar-refractivity contribution is -0.118. The largest absolute Gasteiger partial charge is 0.390 e. The number of aromatic nitrogens is 1. The Morgan fingerprint density at radius 1 is 1.26 bits per heavy atom. The third-order valence-electron chi connectivity index (χ3n) is 5.52. The Morgan fingerprint density at radius 3 is 2.61 bits per heavy atom. The fourth-order valence-electron chi connectivity index (χ4n) is 3.70. The highest BCUT2D eigenvalue weighted by molar-refractivity contribution is 6.07. The first kappa shape index (κ1) is 22.5. The molecule has 0 spiro atoms. The number of benzene rings is 1. The van der Waals surface area contributed by atoms with Crippen molar-refractivity contribution in [3.05, 3.63) is 53.4 Å². The van der Waals surface area contributed by atoms with Gasteiger partial charge >= 0.3 is 0 Å². The number of nitrogens with one attached hydrogen (secondary N) is 3. The molecule has 7 heteroatoms. The number of carbonyl (C=O) groups is 2. The molecule has 1 unspecified atom stereocenters. The molecule has 164 valence electrons. The number of ketones is 1. The molecular weight excluding hydrogens is 392 g/mol. The van der Waals surface area contributed by atoms with Crippen molar-refractivity contribution in [2.45, 2.75) is 46.1 Å². The number of carbonyl (C=O) groups excluding carboxylic acids is 2. The van der Waals surface area contributed by atoms with E-state index in [1.54, 1.807) is 20.1 Å². The number of hydrogen-bond donors (Lipinski definition) is 4. The van der Waals surface area contributed by atoms with E-state index in [2.05, 4.69) is 20.6 Å². The van der Waals surface area contributed by atoms with Crippen molar-refractivity contribution in [1.82, 2.24) is 10.3 Å². The van der Waals surface area contributed by atoms with E-state index in [0.717, 1.165) is 28.3 Å². The summed E-state index contributed by atoms with van der Waals surface area (Å²) in [6, 6.07) is 9.71. The molecule has 1 heterocycles. The third-order valence-corrected chi connectivity index (χ3v) is 5.52. The van der Waals surface area contributed by atoms with Crippen LogP contribution in [0.15, 0.2) is 41.4 Å². The molecule has 0 fully saturated rings. The van der Waals surface area contributed by atoms with Crippen LogP contribution in [-0.4, -0.2) is 40.3 Å². The zero-order chi connectivity index (χ0) is 22.6. The average molecular weight is 423 g/mol. The molecule has 2 aromatic rings. The van der Waals surface area contributed by atoms with Crippen LogP contribution in [0.3, 0.4) is 0 Å². The lowest BCUT2D eigenvalue weighted by Gasteiger charge is -2.31. The summed E-state index contributed by atoms with van der Waals surface area (Å²) in [6.07, 6.45) is 4.38. The van der Waals surface area contributed by atoms with Crippen molar-refractivity contribution in [2.24, 2.45) is 10.9 Å². The standard InChI is InChI=1S/C24H30N4O3/c1-15(10-11-25-14-26-16(2)29)22-23(27-18-8-6-5-7-9-18)21-19(28-22)12-17(13-20(21)30)24(3,4)31/h5-11,17,27-28,31H,12-14H2,1-4H3,(H,26,29)/b15-10+,25-11?. The number of H-pyrrole nitrogens is 1. The number of aliphatic hydroxyl groups is 1. The lowest BCUT2D eigenvalue weighted by atomic mass is 9.77. The number of rotatable bonds is 7. The Kier molecular flexibility index (Phi) is 6.75. The Labute approximate surface area is 182 Å². The van der Waals surface area contributed by atoms with Gasteiger partial charge in [-0.25, -0.2) is 0 Å². The topological polar surface area (TPSA) is 107 Å². The highest BCUT2D eigenvalue weighted by Gasteiger charge is 2.37. The SMILES string of the molecule is CC(=O)NCN=C/C=C(\C)c1[nH]c2c(c1Nc1ccccc1)C(=O)CC(C(C)(C)O)C2. The normalized spacial score (nSPS) is 17.0. The van der Waals surface area contributed by atoms with Crippen LogP contribution < -0.4 is 10.6 Å². The summed E-state index contributed by atoms with van der Waals surface area (Å²) in [6.45, 7) is 7.09. The predicted molar refractivity (Wildman–Crippen MR) is 124 cm³/mol. The average Bonchev–Trinajstić information content (AvgIpc) is 3.06. The molecule has 1 atom stereocenters. The molecule has 4 N–H and O–H groups in total. The number of nitrogens with zero attached hydrogens (tertiary/aromatic N) is 1. The molecule has 1 aliphatic carbocycles. The van der Waals surface area contributed by atoms with E-state index in [4.69, 9.17) is 0 Å². The number of aromatic amines is 1. The van der Waals surface area contributed by atoms with Gasteiger partial charge < -0.3 is 20.7 Å². The van der Waals surface area contributed by atoms with Gasteiger partial charge in [-0.3, -0.25) is 14.6 Å². The van der Waals surface area contributed by atoms with E-state index < -0.39 is 5.60 Å². The van der Waals surface area contributed by atoms with Crippen LogP contribution in [-0.2, 0) is 11.2 Å². The minimum absolute atomic E-state index is 0.0152. The number of amides is 1. The van der Waals surface area contributed by atoms with Gasteiger partial charge in [-0.1, -0.05) is 18.2 Å². The second-order valence-corrected chi connectivity index (χ2v) is 8.47. The molecule has 1 aromatic carbocycles. The number of allylic oxidation sites excluding steroid dienone is 2. The van der Waals surface area contributed by atoms with Crippen molar-refractivity contribution in [3.8, 4) is 0 Å². The summed E-state index contributed by atoms with van der Waals surface area (Å²) in [5.74, 6) is -0.266. The Bertz CT molecular complexity index is 1010. The van der Waals surface area contributed by atoms with E-state index in [-0.39, 0.29) is 24.3 Å². The van der Waals surface area contributed by atoms with Gasteiger partial charge in [-0.2, -0.15) is 0 Å².